The fraction of sp³-hybridized carbons (Fsp3) is 0.273. The van der Waals surface area contributed by atoms with Gasteiger partial charge in [-0.15, -0.1) is 0 Å². The molecule has 0 aliphatic heterocycles. The summed E-state index contributed by atoms with van der Waals surface area (Å²) in [5.74, 6) is 0. The van der Waals surface area contributed by atoms with Crippen molar-refractivity contribution in [3.05, 3.63) is 33.9 Å². The van der Waals surface area contributed by atoms with Gasteiger partial charge in [-0.3, -0.25) is 0 Å². The summed E-state index contributed by atoms with van der Waals surface area (Å²) in [6.45, 7) is 1.95. The average Bonchev–Trinajstić information content (AvgIpc) is 2.44. The molecule has 1 heterocycles. The van der Waals surface area contributed by atoms with E-state index in [1.54, 1.807) is 6.07 Å². The van der Waals surface area contributed by atoms with Gasteiger partial charge >= 0.3 is 0 Å². The van der Waals surface area contributed by atoms with Crippen LogP contribution in [0.1, 0.15) is 18.7 Å². The van der Waals surface area contributed by atoms with Crippen molar-refractivity contribution in [2.24, 2.45) is 12.8 Å². The van der Waals surface area contributed by atoms with E-state index < -0.39 is 0 Å². The van der Waals surface area contributed by atoms with Crippen LogP contribution in [-0.4, -0.2) is 4.57 Å². The Bertz CT molecular complexity index is 515. The van der Waals surface area contributed by atoms with E-state index in [9.17, 15) is 0 Å². The van der Waals surface area contributed by atoms with E-state index in [0.29, 0.717) is 10.0 Å². The molecule has 15 heavy (non-hydrogen) atoms. The third kappa shape index (κ3) is 1.73. The highest BCUT2D eigenvalue weighted by atomic mass is 35.5. The van der Waals surface area contributed by atoms with Crippen molar-refractivity contribution in [2.75, 3.05) is 0 Å². The number of halogens is 2. The van der Waals surface area contributed by atoms with E-state index in [1.807, 2.05) is 30.7 Å². The summed E-state index contributed by atoms with van der Waals surface area (Å²) in [6, 6.07) is 5.64. The van der Waals surface area contributed by atoms with Crippen molar-refractivity contribution in [1.82, 2.24) is 4.57 Å². The molecule has 80 valence electrons. The van der Waals surface area contributed by atoms with E-state index in [4.69, 9.17) is 28.9 Å². The maximum absolute atomic E-state index is 6.11. The van der Waals surface area contributed by atoms with Crippen LogP contribution in [-0.2, 0) is 7.05 Å². The van der Waals surface area contributed by atoms with Crippen LogP contribution in [0.15, 0.2) is 18.2 Å². The van der Waals surface area contributed by atoms with E-state index in [2.05, 4.69) is 0 Å². The highest BCUT2D eigenvalue weighted by Crippen LogP contribution is 2.31. The van der Waals surface area contributed by atoms with E-state index in [1.165, 1.54) is 0 Å². The Labute approximate surface area is 98.6 Å². The lowest BCUT2D eigenvalue weighted by Gasteiger charge is -2.07. The lowest BCUT2D eigenvalue weighted by Crippen LogP contribution is -2.09. The van der Waals surface area contributed by atoms with Gasteiger partial charge < -0.3 is 10.3 Å². The molecular formula is C11H12Cl2N2. The van der Waals surface area contributed by atoms with Crippen molar-refractivity contribution in [2.45, 2.75) is 13.0 Å². The molecule has 2 aromatic rings. The highest BCUT2D eigenvalue weighted by Gasteiger charge is 2.11. The van der Waals surface area contributed by atoms with Crippen molar-refractivity contribution < 1.29 is 0 Å². The standard InChI is InChI=1S/C11H12Cl2N2/c1-6(14)10-5-8-9(13)3-7(12)4-11(8)15(10)2/h3-6H,14H2,1-2H3. The van der Waals surface area contributed by atoms with Gasteiger partial charge in [0.1, 0.15) is 0 Å². The van der Waals surface area contributed by atoms with Crippen LogP contribution in [0.3, 0.4) is 0 Å². The van der Waals surface area contributed by atoms with Gasteiger partial charge in [0.2, 0.25) is 0 Å². The summed E-state index contributed by atoms with van der Waals surface area (Å²) in [7, 11) is 1.97. The summed E-state index contributed by atoms with van der Waals surface area (Å²) in [4.78, 5) is 0. The van der Waals surface area contributed by atoms with Gasteiger partial charge in [0, 0.05) is 29.2 Å². The number of aryl methyl sites for hydroxylation is 1. The van der Waals surface area contributed by atoms with Gasteiger partial charge in [-0.1, -0.05) is 23.2 Å². The van der Waals surface area contributed by atoms with Crippen molar-refractivity contribution >= 4 is 34.1 Å². The molecule has 2 nitrogen and oxygen atoms in total. The Kier molecular flexibility index (Phi) is 2.67. The zero-order valence-corrected chi connectivity index (χ0v) is 10.1. The lowest BCUT2D eigenvalue weighted by atomic mass is 10.2. The van der Waals surface area contributed by atoms with Crippen molar-refractivity contribution in [3.63, 3.8) is 0 Å². The molecule has 0 saturated heterocycles. The summed E-state index contributed by atoms with van der Waals surface area (Å²) >= 11 is 12.1. The maximum atomic E-state index is 6.11. The Morgan fingerprint density at radius 2 is 1.93 bits per heavy atom. The zero-order chi connectivity index (χ0) is 11.2. The summed E-state index contributed by atoms with van der Waals surface area (Å²) in [5, 5.41) is 2.31. The zero-order valence-electron chi connectivity index (χ0n) is 8.59. The van der Waals surface area contributed by atoms with Crippen LogP contribution in [0, 0.1) is 0 Å². The van der Waals surface area contributed by atoms with Gasteiger partial charge in [-0.2, -0.15) is 0 Å². The fourth-order valence-electron chi connectivity index (χ4n) is 1.81. The smallest absolute Gasteiger partial charge is 0.0514 e. The number of nitrogens with two attached hydrogens (primary N) is 1. The van der Waals surface area contributed by atoms with Gasteiger partial charge in [-0.05, 0) is 25.1 Å². The topological polar surface area (TPSA) is 30.9 Å². The third-order valence-electron chi connectivity index (χ3n) is 2.58. The molecule has 1 atom stereocenters. The number of rotatable bonds is 1. The van der Waals surface area contributed by atoms with Gasteiger partial charge in [0.25, 0.3) is 0 Å². The average molecular weight is 243 g/mol. The van der Waals surface area contributed by atoms with Crippen LogP contribution in [0.2, 0.25) is 10.0 Å². The quantitative estimate of drug-likeness (QED) is 0.816. The molecule has 2 rings (SSSR count). The lowest BCUT2D eigenvalue weighted by molar-refractivity contribution is 0.726. The van der Waals surface area contributed by atoms with Crippen molar-refractivity contribution in [3.8, 4) is 0 Å². The summed E-state index contributed by atoms with van der Waals surface area (Å²) in [6.07, 6.45) is 0. The summed E-state index contributed by atoms with van der Waals surface area (Å²) in [5.41, 5.74) is 7.93. The summed E-state index contributed by atoms with van der Waals surface area (Å²) < 4.78 is 2.03. The Morgan fingerprint density at radius 3 is 2.53 bits per heavy atom. The first-order valence-corrected chi connectivity index (χ1v) is 5.46. The first-order chi connectivity index (χ1) is 7.00. The number of benzene rings is 1. The molecule has 0 amide bonds. The molecule has 1 unspecified atom stereocenters. The van der Waals surface area contributed by atoms with Gasteiger partial charge in [0.05, 0.1) is 10.5 Å². The number of nitrogens with zero attached hydrogens (tertiary/aromatic N) is 1. The van der Waals surface area contributed by atoms with Crippen LogP contribution in [0.4, 0.5) is 0 Å². The molecular weight excluding hydrogens is 231 g/mol. The molecule has 0 bridgehead atoms. The highest BCUT2D eigenvalue weighted by molar-refractivity contribution is 6.38. The molecule has 0 spiro atoms. The third-order valence-corrected chi connectivity index (χ3v) is 3.11. The van der Waals surface area contributed by atoms with E-state index in [-0.39, 0.29) is 6.04 Å². The second-order valence-electron chi connectivity index (χ2n) is 3.74. The van der Waals surface area contributed by atoms with Gasteiger partial charge in [0.15, 0.2) is 0 Å². The monoisotopic (exact) mass is 242 g/mol. The minimum Gasteiger partial charge on any atom is -0.346 e. The Hall–Kier alpha value is -0.700. The molecule has 0 saturated carbocycles. The fourth-order valence-corrected chi connectivity index (χ4v) is 2.35. The van der Waals surface area contributed by atoms with Crippen molar-refractivity contribution in [1.29, 1.82) is 0 Å². The molecule has 0 aliphatic rings. The minimum absolute atomic E-state index is 0.0164. The predicted molar refractivity (Wildman–Crippen MR) is 65.5 cm³/mol. The second-order valence-corrected chi connectivity index (χ2v) is 4.58. The van der Waals surface area contributed by atoms with Gasteiger partial charge in [-0.25, -0.2) is 0 Å². The van der Waals surface area contributed by atoms with Crippen LogP contribution in [0.5, 0.6) is 0 Å². The Balaban J connectivity index is 2.82. The molecule has 4 heteroatoms. The van der Waals surface area contributed by atoms with Crippen LogP contribution >= 0.6 is 23.2 Å². The molecule has 0 fully saturated rings. The van der Waals surface area contributed by atoms with E-state index in [0.717, 1.165) is 16.6 Å². The number of hydrogen-bond acceptors (Lipinski definition) is 1. The molecule has 1 aromatic heterocycles. The normalized spacial score (nSPS) is 13.4. The minimum atomic E-state index is -0.0164. The number of fused-ring (bicyclic) bond motifs is 1. The first-order valence-electron chi connectivity index (χ1n) is 4.70. The van der Waals surface area contributed by atoms with Crippen LogP contribution in [0.25, 0.3) is 10.9 Å². The Morgan fingerprint density at radius 1 is 1.27 bits per heavy atom. The van der Waals surface area contributed by atoms with E-state index >= 15 is 0 Å². The number of hydrogen-bond donors (Lipinski definition) is 1. The largest absolute Gasteiger partial charge is 0.346 e. The maximum Gasteiger partial charge on any atom is 0.0514 e. The first kappa shape index (κ1) is 10.8. The number of aromatic nitrogens is 1. The molecule has 2 N–H and O–H groups in total. The molecule has 0 aliphatic carbocycles. The molecule has 0 radical (unpaired) electrons. The molecule has 1 aromatic carbocycles. The SMILES string of the molecule is CC(N)c1cc2c(Cl)cc(Cl)cc2n1C. The second kappa shape index (κ2) is 3.71. The predicted octanol–water partition coefficient (Wildman–Crippen LogP) is 3.50. The van der Waals surface area contributed by atoms with Crippen LogP contribution < -0.4 is 5.73 Å².